The van der Waals surface area contributed by atoms with Crippen LogP contribution in [0.2, 0.25) is 0 Å². The second-order valence-electron chi connectivity index (χ2n) is 5.56. The fourth-order valence-electron chi connectivity index (χ4n) is 1.61. The predicted octanol–water partition coefficient (Wildman–Crippen LogP) is 1.61. The summed E-state index contributed by atoms with van der Waals surface area (Å²) in [5.41, 5.74) is 3.11. The Morgan fingerprint density at radius 2 is 1.90 bits per heavy atom. The molecule has 0 bridgehead atoms. The largest absolute Gasteiger partial charge is 0.508 e. The van der Waals surface area contributed by atoms with Gasteiger partial charge < -0.3 is 5.11 Å². The molecule has 0 radical (unpaired) electrons. The summed E-state index contributed by atoms with van der Waals surface area (Å²) in [5.74, 6) is 0.358. The van der Waals surface area contributed by atoms with Gasteiger partial charge in [-0.2, -0.15) is 5.10 Å². The van der Waals surface area contributed by atoms with Crippen LogP contribution in [-0.2, 0) is 5.41 Å². The van der Waals surface area contributed by atoms with E-state index in [-0.39, 0.29) is 22.7 Å². The molecule has 0 atom stereocenters. The van der Waals surface area contributed by atoms with Crippen LogP contribution in [0.3, 0.4) is 0 Å². The lowest BCUT2D eigenvalue weighted by atomic mass is 9.93. The summed E-state index contributed by atoms with van der Waals surface area (Å²) in [6.07, 6.45) is 1.54. The number of aromatic nitrogens is 3. The van der Waals surface area contributed by atoms with Crippen molar-refractivity contribution in [3.63, 3.8) is 0 Å². The number of benzene rings is 1. The Kier molecular flexibility index (Phi) is 4.02. The highest BCUT2D eigenvalue weighted by Crippen LogP contribution is 2.15. The number of rotatable bonds is 3. The third-order valence-electron chi connectivity index (χ3n) is 2.68. The number of hydrogen-bond donors (Lipinski definition) is 3. The number of hydrazone groups is 1. The first-order chi connectivity index (χ1) is 9.86. The van der Waals surface area contributed by atoms with Gasteiger partial charge in [-0.25, -0.2) is 5.43 Å². The van der Waals surface area contributed by atoms with Crippen LogP contribution in [0.15, 0.2) is 34.2 Å². The second-order valence-corrected chi connectivity index (χ2v) is 5.56. The zero-order valence-corrected chi connectivity index (χ0v) is 12.1. The topological polar surface area (TPSA) is 103 Å². The molecule has 21 heavy (non-hydrogen) atoms. The summed E-state index contributed by atoms with van der Waals surface area (Å²) in [4.78, 5) is 14.5. The highest BCUT2D eigenvalue weighted by molar-refractivity contribution is 5.80. The quantitative estimate of drug-likeness (QED) is 0.588. The van der Waals surface area contributed by atoms with Gasteiger partial charge in [0.05, 0.1) is 6.21 Å². The zero-order valence-electron chi connectivity index (χ0n) is 12.1. The van der Waals surface area contributed by atoms with Crippen LogP contribution in [0.4, 0.5) is 5.95 Å². The minimum Gasteiger partial charge on any atom is -0.508 e. The molecule has 1 aromatic carbocycles. The van der Waals surface area contributed by atoms with Crippen molar-refractivity contribution in [3.8, 4) is 5.75 Å². The molecule has 2 aromatic rings. The van der Waals surface area contributed by atoms with Crippen molar-refractivity contribution in [1.82, 2.24) is 15.2 Å². The fourth-order valence-corrected chi connectivity index (χ4v) is 1.61. The van der Waals surface area contributed by atoms with E-state index in [0.29, 0.717) is 5.69 Å². The highest BCUT2D eigenvalue weighted by Gasteiger charge is 2.20. The molecule has 0 aliphatic heterocycles. The van der Waals surface area contributed by atoms with Crippen molar-refractivity contribution in [2.45, 2.75) is 26.2 Å². The van der Waals surface area contributed by atoms with Gasteiger partial charge in [0, 0.05) is 5.41 Å². The Balaban J connectivity index is 2.09. The molecule has 0 unspecified atom stereocenters. The maximum atomic E-state index is 11.9. The lowest BCUT2D eigenvalue weighted by Gasteiger charge is -2.15. The molecule has 0 aliphatic rings. The van der Waals surface area contributed by atoms with E-state index in [1.54, 1.807) is 24.3 Å². The van der Waals surface area contributed by atoms with E-state index in [1.165, 1.54) is 6.21 Å². The average Bonchev–Trinajstić information content (AvgIpc) is 2.40. The molecule has 1 aromatic heterocycles. The van der Waals surface area contributed by atoms with Crippen molar-refractivity contribution in [1.29, 1.82) is 0 Å². The van der Waals surface area contributed by atoms with E-state index in [0.717, 1.165) is 5.56 Å². The number of aromatic amines is 1. The molecule has 7 heteroatoms. The van der Waals surface area contributed by atoms with Gasteiger partial charge in [0.2, 0.25) is 5.95 Å². The lowest BCUT2D eigenvalue weighted by molar-refractivity contribution is 0.475. The third-order valence-corrected chi connectivity index (χ3v) is 2.68. The molecule has 1 heterocycles. The van der Waals surface area contributed by atoms with Crippen LogP contribution in [0.5, 0.6) is 5.75 Å². The van der Waals surface area contributed by atoms with E-state index in [4.69, 9.17) is 5.11 Å². The molecule has 2 rings (SSSR count). The number of nitrogens with one attached hydrogen (secondary N) is 2. The van der Waals surface area contributed by atoms with Crippen LogP contribution in [0, 0.1) is 0 Å². The summed E-state index contributed by atoms with van der Waals surface area (Å²) in [5, 5.41) is 20.9. The SMILES string of the molecule is CC(C)(C)c1nnc(N/N=C/c2ccc(O)cc2)[nH]c1=O. The second kappa shape index (κ2) is 5.74. The van der Waals surface area contributed by atoms with Gasteiger partial charge >= 0.3 is 0 Å². The number of phenolic OH excluding ortho intramolecular Hbond substituents is 1. The number of hydrogen-bond acceptors (Lipinski definition) is 6. The Labute approximate surface area is 121 Å². The standard InChI is InChI=1S/C14H17N5O2/c1-14(2,3)11-12(21)16-13(19-17-11)18-15-8-9-4-6-10(20)7-5-9/h4-8,20H,1-3H3,(H2,16,18,19,21)/b15-8+. The summed E-state index contributed by atoms with van der Waals surface area (Å²) in [6.45, 7) is 5.67. The van der Waals surface area contributed by atoms with Gasteiger partial charge in [0.15, 0.2) is 0 Å². The van der Waals surface area contributed by atoms with Gasteiger partial charge in [-0.3, -0.25) is 9.78 Å². The van der Waals surface area contributed by atoms with E-state index in [9.17, 15) is 4.79 Å². The van der Waals surface area contributed by atoms with Crippen molar-refractivity contribution < 1.29 is 5.11 Å². The molecule has 110 valence electrons. The van der Waals surface area contributed by atoms with Crippen molar-refractivity contribution >= 4 is 12.2 Å². The molecule has 7 nitrogen and oxygen atoms in total. The van der Waals surface area contributed by atoms with Crippen LogP contribution < -0.4 is 11.0 Å². The van der Waals surface area contributed by atoms with Gasteiger partial charge in [0.1, 0.15) is 11.4 Å². The first-order valence-corrected chi connectivity index (χ1v) is 6.42. The zero-order chi connectivity index (χ0) is 15.5. The Bertz CT molecular complexity index is 699. The third kappa shape index (κ3) is 3.88. The maximum absolute atomic E-state index is 11.9. The van der Waals surface area contributed by atoms with Gasteiger partial charge in [-0.15, -0.1) is 10.2 Å². The summed E-state index contributed by atoms with van der Waals surface area (Å²) >= 11 is 0. The van der Waals surface area contributed by atoms with Crippen molar-refractivity contribution in [3.05, 3.63) is 45.9 Å². The average molecular weight is 287 g/mol. The number of nitrogens with zero attached hydrogens (tertiary/aromatic N) is 3. The van der Waals surface area contributed by atoms with Crippen LogP contribution >= 0.6 is 0 Å². The minimum atomic E-state index is -0.367. The highest BCUT2D eigenvalue weighted by atomic mass is 16.3. The molecule has 0 spiro atoms. The van der Waals surface area contributed by atoms with Crippen molar-refractivity contribution in [2.24, 2.45) is 5.10 Å². The number of anilines is 1. The number of phenols is 1. The van der Waals surface area contributed by atoms with Crippen LogP contribution in [0.1, 0.15) is 32.0 Å². The van der Waals surface area contributed by atoms with E-state index in [2.05, 4.69) is 25.7 Å². The summed E-state index contributed by atoms with van der Waals surface area (Å²) in [7, 11) is 0. The molecular formula is C14H17N5O2. The molecular weight excluding hydrogens is 270 g/mol. The Morgan fingerprint density at radius 3 is 2.48 bits per heavy atom. The maximum Gasteiger partial charge on any atom is 0.274 e. The molecule has 0 saturated carbocycles. The summed E-state index contributed by atoms with van der Waals surface area (Å²) < 4.78 is 0. The monoisotopic (exact) mass is 287 g/mol. The van der Waals surface area contributed by atoms with E-state index >= 15 is 0 Å². The number of aromatic hydroxyl groups is 1. The first-order valence-electron chi connectivity index (χ1n) is 6.42. The normalized spacial score (nSPS) is 11.8. The van der Waals surface area contributed by atoms with Gasteiger partial charge in [0.25, 0.3) is 5.56 Å². The Morgan fingerprint density at radius 1 is 1.24 bits per heavy atom. The predicted molar refractivity (Wildman–Crippen MR) is 80.7 cm³/mol. The van der Waals surface area contributed by atoms with Crippen LogP contribution in [-0.4, -0.2) is 26.5 Å². The first kappa shape index (κ1) is 14.7. The van der Waals surface area contributed by atoms with Crippen LogP contribution in [0.25, 0.3) is 0 Å². The summed E-state index contributed by atoms with van der Waals surface area (Å²) in [6, 6.07) is 6.53. The van der Waals surface area contributed by atoms with E-state index in [1.807, 2.05) is 20.8 Å². The van der Waals surface area contributed by atoms with Gasteiger partial charge in [-0.1, -0.05) is 20.8 Å². The molecule has 0 amide bonds. The van der Waals surface area contributed by atoms with E-state index < -0.39 is 0 Å². The molecule has 0 fully saturated rings. The fraction of sp³-hybridized carbons (Fsp3) is 0.286. The number of H-pyrrole nitrogens is 1. The molecule has 0 aliphatic carbocycles. The molecule has 0 saturated heterocycles. The lowest BCUT2D eigenvalue weighted by Crippen LogP contribution is -2.28. The Hall–Kier alpha value is -2.70. The van der Waals surface area contributed by atoms with Crippen molar-refractivity contribution in [2.75, 3.05) is 5.43 Å². The minimum absolute atomic E-state index is 0.169. The molecule has 3 N–H and O–H groups in total. The smallest absolute Gasteiger partial charge is 0.274 e. The van der Waals surface area contributed by atoms with Gasteiger partial charge in [-0.05, 0) is 29.8 Å².